The van der Waals surface area contributed by atoms with Crippen molar-refractivity contribution in [1.82, 2.24) is 10.2 Å². The predicted molar refractivity (Wildman–Crippen MR) is 82.8 cm³/mol. The van der Waals surface area contributed by atoms with E-state index in [1.54, 1.807) is 6.26 Å². The van der Waals surface area contributed by atoms with Crippen molar-refractivity contribution in [2.75, 3.05) is 12.0 Å². The van der Waals surface area contributed by atoms with Gasteiger partial charge in [-0.25, -0.2) is 0 Å². The van der Waals surface area contributed by atoms with Crippen LogP contribution in [0.4, 0.5) is 0 Å². The zero-order chi connectivity index (χ0) is 14.9. The highest BCUT2D eigenvalue weighted by Gasteiger charge is 2.50. The van der Waals surface area contributed by atoms with Crippen molar-refractivity contribution >= 4 is 16.7 Å². The van der Waals surface area contributed by atoms with Crippen LogP contribution in [0.5, 0.6) is 0 Å². The zero-order valence-corrected chi connectivity index (χ0v) is 14.0. The Morgan fingerprint density at radius 1 is 1.45 bits per heavy atom. The Balaban J connectivity index is 2.22. The number of hydrogen-bond donors (Lipinski definition) is 1. The molecule has 2 aliphatic rings. The summed E-state index contributed by atoms with van der Waals surface area (Å²) >= 11 is 0. The predicted octanol–water partition coefficient (Wildman–Crippen LogP) is 1.87. The minimum atomic E-state index is -0.871. The molecule has 0 radical (unpaired) electrons. The molecule has 1 saturated carbocycles. The highest BCUT2D eigenvalue weighted by Crippen LogP contribution is 2.36. The van der Waals surface area contributed by atoms with Crippen molar-refractivity contribution in [2.24, 2.45) is 5.92 Å². The summed E-state index contributed by atoms with van der Waals surface area (Å²) in [4.78, 5) is 14.8. The SMILES string of the molecule is CCC1(C)NC(C2CCCC2)N(C(C)CS(C)=O)C1=O. The van der Waals surface area contributed by atoms with E-state index in [-0.39, 0.29) is 18.1 Å². The number of hydrogen-bond acceptors (Lipinski definition) is 3. The molecule has 0 aromatic rings. The number of nitrogens with one attached hydrogen (secondary N) is 1. The summed E-state index contributed by atoms with van der Waals surface area (Å²) in [5.41, 5.74) is -0.448. The van der Waals surface area contributed by atoms with Gasteiger partial charge < -0.3 is 4.90 Å². The summed E-state index contributed by atoms with van der Waals surface area (Å²) in [5.74, 6) is 1.31. The lowest BCUT2D eigenvalue weighted by Gasteiger charge is -2.33. The summed E-state index contributed by atoms with van der Waals surface area (Å²) in [6, 6.07) is 0.0415. The van der Waals surface area contributed by atoms with Gasteiger partial charge in [-0.15, -0.1) is 0 Å². The molecular weight excluding hydrogens is 272 g/mol. The largest absolute Gasteiger partial charge is 0.322 e. The number of amides is 1. The molecule has 5 heteroatoms. The summed E-state index contributed by atoms with van der Waals surface area (Å²) < 4.78 is 11.5. The normalized spacial score (nSPS) is 34.7. The van der Waals surface area contributed by atoms with Gasteiger partial charge in [0.1, 0.15) is 0 Å². The van der Waals surface area contributed by atoms with Crippen molar-refractivity contribution < 1.29 is 9.00 Å². The van der Waals surface area contributed by atoms with Crippen LogP contribution in [0.15, 0.2) is 0 Å². The van der Waals surface area contributed by atoms with Crippen LogP contribution < -0.4 is 5.32 Å². The Morgan fingerprint density at radius 3 is 2.55 bits per heavy atom. The number of nitrogens with zero attached hydrogens (tertiary/aromatic N) is 1. The topological polar surface area (TPSA) is 49.4 Å². The molecule has 1 N–H and O–H groups in total. The fraction of sp³-hybridized carbons (Fsp3) is 0.933. The van der Waals surface area contributed by atoms with Crippen LogP contribution in [-0.2, 0) is 15.6 Å². The lowest BCUT2D eigenvalue weighted by molar-refractivity contribution is -0.135. The average Bonchev–Trinajstić information content (AvgIpc) is 2.97. The summed E-state index contributed by atoms with van der Waals surface area (Å²) in [5, 5.41) is 3.59. The Morgan fingerprint density at radius 2 is 2.05 bits per heavy atom. The van der Waals surface area contributed by atoms with Gasteiger partial charge in [0.15, 0.2) is 0 Å². The monoisotopic (exact) mass is 300 g/mol. The molecule has 0 aromatic heterocycles. The Kier molecular flexibility index (Phi) is 4.90. The highest BCUT2D eigenvalue weighted by molar-refractivity contribution is 7.84. The molecule has 1 aliphatic heterocycles. The molecular formula is C15H28N2O2S. The first kappa shape index (κ1) is 16.0. The van der Waals surface area contributed by atoms with Gasteiger partial charge in [0, 0.05) is 28.9 Å². The van der Waals surface area contributed by atoms with Crippen LogP contribution in [0, 0.1) is 5.92 Å². The first-order valence-electron chi connectivity index (χ1n) is 7.79. The molecule has 0 aromatic carbocycles. The van der Waals surface area contributed by atoms with Gasteiger partial charge >= 0.3 is 0 Å². The van der Waals surface area contributed by atoms with E-state index >= 15 is 0 Å². The quantitative estimate of drug-likeness (QED) is 0.843. The minimum Gasteiger partial charge on any atom is -0.322 e. The van der Waals surface area contributed by atoms with Gasteiger partial charge in [-0.2, -0.15) is 0 Å². The fourth-order valence-electron chi connectivity index (χ4n) is 3.63. The fourth-order valence-corrected chi connectivity index (χ4v) is 4.47. The van der Waals surface area contributed by atoms with E-state index in [4.69, 9.17) is 0 Å². The van der Waals surface area contributed by atoms with Gasteiger partial charge in [0.2, 0.25) is 5.91 Å². The van der Waals surface area contributed by atoms with Crippen molar-refractivity contribution in [2.45, 2.75) is 70.6 Å². The van der Waals surface area contributed by atoms with E-state index in [1.807, 2.05) is 18.7 Å². The van der Waals surface area contributed by atoms with Gasteiger partial charge in [0.05, 0.1) is 11.7 Å². The molecule has 4 nitrogen and oxygen atoms in total. The van der Waals surface area contributed by atoms with Gasteiger partial charge in [0.25, 0.3) is 0 Å². The molecule has 2 fully saturated rings. The number of rotatable bonds is 5. The molecule has 116 valence electrons. The zero-order valence-electron chi connectivity index (χ0n) is 13.1. The molecule has 1 heterocycles. The Bertz CT molecular complexity index is 395. The lowest BCUT2D eigenvalue weighted by Crippen LogP contribution is -2.48. The molecule has 20 heavy (non-hydrogen) atoms. The maximum absolute atomic E-state index is 12.8. The molecule has 4 unspecified atom stereocenters. The van der Waals surface area contributed by atoms with Crippen LogP contribution in [0.1, 0.15) is 52.9 Å². The Labute approximate surface area is 125 Å². The van der Waals surface area contributed by atoms with Gasteiger partial charge in [-0.3, -0.25) is 14.3 Å². The molecule has 1 saturated heterocycles. The maximum atomic E-state index is 12.8. The van der Waals surface area contributed by atoms with E-state index < -0.39 is 16.3 Å². The van der Waals surface area contributed by atoms with Crippen LogP contribution in [0.2, 0.25) is 0 Å². The van der Waals surface area contributed by atoms with Crippen LogP contribution in [-0.4, -0.2) is 44.8 Å². The molecule has 1 amide bonds. The first-order chi connectivity index (χ1) is 9.39. The minimum absolute atomic E-state index is 0.0415. The summed E-state index contributed by atoms with van der Waals surface area (Å²) in [6.45, 7) is 6.10. The molecule has 4 atom stereocenters. The van der Waals surface area contributed by atoms with Crippen LogP contribution in [0.25, 0.3) is 0 Å². The second kappa shape index (κ2) is 6.14. The van der Waals surface area contributed by atoms with Gasteiger partial charge in [-0.1, -0.05) is 19.8 Å². The van der Waals surface area contributed by atoms with Crippen molar-refractivity contribution in [3.63, 3.8) is 0 Å². The maximum Gasteiger partial charge on any atom is 0.244 e. The van der Waals surface area contributed by atoms with E-state index in [9.17, 15) is 9.00 Å². The van der Waals surface area contributed by atoms with Crippen molar-refractivity contribution in [3.8, 4) is 0 Å². The molecule has 2 rings (SSSR count). The summed E-state index contributed by atoms with van der Waals surface area (Å²) in [6.07, 6.45) is 7.57. The second-order valence-electron chi connectivity index (χ2n) is 6.62. The third kappa shape index (κ3) is 2.93. The van der Waals surface area contributed by atoms with E-state index in [0.717, 1.165) is 6.42 Å². The standard InChI is InChI=1S/C15H28N2O2S/c1-5-15(3)14(18)17(11(2)10-20(4)19)13(16-15)12-8-6-7-9-12/h11-13,16H,5-10H2,1-4H3. The van der Waals surface area contributed by atoms with E-state index in [0.29, 0.717) is 11.7 Å². The number of carbonyl (C=O) groups excluding carboxylic acids is 1. The molecule has 0 bridgehead atoms. The van der Waals surface area contributed by atoms with Gasteiger partial charge in [-0.05, 0) is 39.0 Å². The second-order valence-corrected chi connectivity index (χ2v) is 8.10. The van der Waals surface area contributed by atoms with Crippen molar-refractivity contribution in [1.29, 1.82) is 0 Å². The Hall–Kier alpha value is -0.420. The molecule has 0 spiro atoms. The van der Waals surface area contributed by atoms with Crippen LogP contribution >= 0.6 is 0 Å². The number of carbonyl (C=O) groups is 1. The first-order valence-corrected chi connectivity index (χ1v) is 9.52. The van der Waals surface area contributed by atoms with Crippen LogP contribution in [0.3, 0.4) is 0 Å². The van der Waals surface area contributed by atoms with E-state index in [2.05, 4.69) is 12.2 Å². The molecule has 1 aliphatic carbocycles. The third-order valence-corrected chi connectivity index (χ3v) is 5.93. The van der Waals surface area contributed by atoms with E-state index in [1.165, 1.54) is 25.7 Å². The highest BCUT2D eigenvalue weighted by atomic mass is 32.2. The lowest BCUT2D eigenvalue weighted by atomic mass is 9.99. The van der Waals surface area contributed by atoms with Crippen molar-refractivity contribution in [3.05, 3.63) is 0 Å². The summed E-state index contributed by atoms with van der Waals surface area (Å²) in [7, 11) is -0.871. The average molecular weight is 300 g/mol. The third-order valence-electron chi connectivity index (χ3n) is 4.98. The smallest absolute Gasteiger partial charge is 0.244 e.